The summed E-state index contributed by atoms with van der Waals surface area (Å²) in [7, 11) is 0. The van der Waals surface area contributed by atoms with Gasteiger partial charge in [-0.05, 0) is 0 Å². The van der Waals surface area contributed by atoms with E-state index in [4.69, 9.17) is 22.0 Å². The number of ether oxygens (including phenoxy) is 1. The lowest BCUT2D eigenvalue weighted by molar-refractivity contribution is -0.0626. The SMILES string of the molecule is C#C[C@]1(O)[C@@H](CO)O[C@H](n2cc(F)c(N)nc2=O)[C@@H]1O. The number of hydrogen-bond acceptors (Lipinski definition) is 7. The fraction of sp³-hybridized carbons (Fsp3) is 0.455. The Hall–Kier alpha value is -1.99. The number of rotatable bonds is 2. The van der Waals surface area contributed by atoms with Crippen LogP contribution in [0.1, 0.15) is 6.23 Å². The Bertz CT molecular complexity index is 627. The van der Waals surface area contributed by atoms with Gasteiger partial charge in [0, 0.05) is 0 Å². The van der Waals surface area contributed by atoms with Crippen LogP contribution in [-0.2, 0) is 4.74 Å². The predicted octanol–water partition coefficient (Wildman–Crippen LogP) is -2.42. The second-order valence-corrected chi connectivity index (χ2v) is 4.28. The number of aromatic nitrogens is 2. The topological polar surface area (TPSA) is 131 Å². The third-order valence-corrected chi connectivity index (χ3v) is 3.12. The first kappa shape index (κ1) is 14.4. The van der Waals surface area contributed by atoms with E-state index in [1.807, 2.05) is 5.92 Å². The van der Waals surface area contributed by atoms with Crippen molar-refractivity contribution in [3.05, 3.63) is 22.5 Å². The Labute approximate surface area is 112 Å². The number of halogens is 1. The number of hydrogen-bond donors (Lipinski definition) is 4. The lowest BCUT2D eigenvalue weighted by atomic mass is 9.93. The maximum absolute atomic E-state index is 13.4. The van der Waals surface area contributed by atoms with Gasteiger partial charge in [0.2, 0.25) is 0 Å². The molecule has 1 aromatic rings. The fourth-order valence-corrected chi connectivity index (χ4v) is 1.97. The van der Waals surface area contributed by atoms with Crippen molar-refractivity contribution in [2.24, 2.45) is 0 Å². The van der Waals surface area contributed by atoms with E-state index in [-0.39, 0.29) is 0 Å². The molecule has 1 fully saturated rings. The van der Waals surface area contributed by atoms with Crippen LogP contribution in [0.4, 0.5) is 10.2 Å². The first-order chi connectivity index (χ1) is 9.35. The molecule has 2 rings (SSSR count). The minimum absolute atomic E-state index is 0.605. The zero-order valence-electron chi connectivity index (χ0n) is 10.1. The van der Waals surface area contributed by atoms with E-state index in [2.05, 4.69) is 4.98 Å². The van der Waals surface area contributed by atoms with Crippen LogP contribution in [0, 0.1) is 18.2 Å². The lowest BCUT2D eigenvalue weighted by Crippen LogP contribution is -2.48. The number of nitrogens with zero attached hydrogens (tertiary/aromatic N) is 2. The summed E-state index contributed by atoms with van der Waals surface area (Å²) in [5.74, 6) is 0.293. The molecule has 0 saturated carbocycles. The Morgan fingerprint density at radius 3 is 2.85 bits per heavy atom. The zero-order chi connectivity index (χ0) is 15.1. The average molecular weight is 285 g/mol. The van der Waals surface area contributed by atoms with Crippen LogP contribution in [0.5, 0.6) is 0 Å². The van der Waals surface area contributed by atoms with Gasteiger partial charge in [-0.15, -0.1) is 6.42 Å². The van der Waals surface area contributed by atoms with Crippen molar-refractivity contribution in [2.75, 3.05) is 12.3 Å². The van der Waals surface area contributed by atoms with Gasteiger partial charge in [0.15, 0.2) is 23.5 Å². The molecule has 1 saturated heterocycles. The highest BCUT2D eigenvalue weighted by Crippen LogP contribution is 2.36. The maximum Gasteiger partial charge on any atom is 0.351 e. The number of anilines is 1. The third-order valence-electron chi connectivity index (χ3n) is 3.12. The molecule has 0 aromatic carbocycles. The minimum Gasteiger partial charge on any atom is -0.394 e. The summed E-state index contributed by atoms with van der Waals surface area (Å²) in [6.45, 7) is -0.701. The van der Waals surface area contributed by atoms with E-state index in [1.54, 1.807) is 0 Å². The Morgan fingerprint density at radius 1 is 1.70 bits per heavy atom. The largest absolute Gasteiger partial charge is 0.394 e. The van der Waals surface area contributed by atoms with E-state index in [9.17, 15) is 19.4 Å². The van der Waals surface area contributed by atoms with E-state index in [1.165, 1.54) is 0 Å². The molecule has 8 nitrogen and oxygen atoms in total. The van der Waals surface area contributed by atoms with Gasteiger partial charge in [-0.3, -0.25) is 4.57 Å². The first-order valence-electron chi connectivity index (χ1n) is 5.53. The summed E-state index contributed by atoms with van der Waals surface area (Å²) >= 11 is 0. The molecule has 5 N–H and O–H groups in total. The van der Waals surface area contributed by atoms with Gasteiger partial charge >= 0.3 is 5.69 Å². The summed E-state index contributed by atoms with van der Waals surface area (Å²) in [6.07, 6.45) is 1.20. The van der Waals surface area contributed by atoms with Crippen molar-refractivity contribution >= 4 is 5.82 Å². The number of nitrogen functional groups attached to an aromatic ring is 1. The van der Waals surface area contributed by atoms with E-state index >= 15 is 0 Å². The molecular weight excluding hydrogens is 273 g/mol. The second-order valence-electron chi connectivity index (χ2n) is 4.28. The van der Waals surface area contributed by atoms with Crippen molar-refractivity contribution in [2.45, 2.75) is 24.0 Å². The molecule has 0 amide bonds. The quantitative estimate of drug-likeness (QED) is 0.445. The summed E-state index contributed by atoms with van der Waals surface area (Å²) < 4.78 is 19.1. The van der Waals surface area contributed by atoms with Gasteiger partial charge in [0.25, 0.3) is 0 Å². The fourth-order valence-electron chi connectivity index (χ4n) is 1.97. The monoisotopic (exact) mass is 285 g/mol. The predicted molar refractivity (Wildman–Crippen MR) is 63.7 cm³/mol. The van der Waals surface area contributed by atoms with E-state index in [0.29, 0.717) is 10.8 Å². The summed E-state index contributed by atoms with van der Waals surface area (Å²) in [6, 6.07) is 0. The zero-order valence-corrected chi connectivity index (χ0v) is 10.1. The summed E-state index contributed by atoms with van der Waals surface area (Å²) in [4.78, 5) is 14.8. The molecular formula is C11H12FN3O5. The molecule has 20 heavy (non-hydrogen) atoms. The van der Waals surface area contributed by atoms with Gasteiger partial charge < -0.3 is 25.8 Å². The van der Waals surface area contributed by atoms with Gasteiger partial charge in [0.1, 0.15) is 12.2 Å². The number of terminal acetylenes is 1. The van der Waals surface area contributed by atoms with E-state index < -0.39 is 48.0 Å². The van der Waals surface area contributed by atoms with Crippen molar-refractivity contribution in [3.63, 3.8) is 0 Å². The van der Waals surface area contributed by atoms with E-state index in [0.717, 1.165) is 0 Å². The van der Waals surface area contributed by atoms with Gasteiger partial charge in [-0.1, -0.05) is 5.92 Å². The average Bonchev–Trinajstić information content (AvgIpc) is 2.67. The Morgan fingerprint density at radius 2 is 2.35 bits per heavy atom. The van der Waals surface area contributed by atoms with Gasteiger partial charge in [-0.2, -0.15) is 4.98 Å². The molecule has 2 heterocycles. The molecule has 1 aliphatic rings. The van der Waals surface area contributed by atoms with Crippen molar-refractivity contribution < 1.29 is 24.4 Å². The molecule has 4 atom stereocenters. The second kappa shape index (κ2) is 4.84. The van der Waals surface area contributed by atoms with Crippen molar-refractivity contribution in [1.82, 2.24) is 9.55 Å². The van der Waals surface area contributed by atoms with Crippen LogP contribution in [0.25, 0.3) is 0 Å². The highest BCUT2D eigenvalue weighted by molar-refractivity contribution is 5.27. The molecule has 0 unspecified atom stereocenters. The van der Waals surface area contributed by atoms with Gasteiger partial charge in [0.05, 0.1) is 12.8 Å². The van der Waals surface area contributed by atoms with Crippen molar-refractivity contribution in [3.8, 4) is 12.3 Å². The highest BCUT2D eigenvalue weighted by atomic mass is 19.1. The molecule has 0 aliphatic carbocycles. The Balaban J connectivity index is 2.48. The van der Waals surface area contributed by atoms with Crippen LogP contribution < -0.4 is 11.4 Å². The van der Waals surface area contributed by atoms with Gasteiger partial charge in [-0.25, -0.2) is 9.18 Å². The lowest BCUT2D eigenvalue weighted by Gasteiger charge is -2.24. The van der Waals surface area contributed by atoms with Crippen LogP contribution >= 0.6 is 0 Å². The minimum atomic E-state index is -2.21. The normalized spacial score (nSPS) is 33.0. The molecule has 0 radical (unpaired) electrons. The van der Waals surface area contributed by atoms with Crippen LogP contribution in [0.3, 0.4) is 0 Å². The molecule has 1 aliphatic heterocycles. The smallest absolute Gasteiger partial charge is 0.351 e. The highest BCUT2D eigenvalue weighted by Gasteiger charge is 2.55. The summed E-state index contributed by atoms with van der Waals surface area (Å²) in [5, 5.41) is 29.1. The Kier molecular flexibility index (Phi) is 3.49. The van der Waals surface area contributed by atoms with Crippen LogP contribution in [-0.4, -0.2) is 49.3 Å². The van der Waals surface area contributed by atoms with Crippen molar-refractivity contribution in [1.29, 1.82) is 0 Å². The molecule has 1 aromatic heterocycles. The van der Waals surface area contributed by atoms with Crippen LogP contribution in [0.2, 0.25) is 0 Å². The standard InChI is InChI=1S/C11H12FN3O5/c1-2-11(19)6(4-16)20-9(7(11)17)15-3-5(12)8(13)14-10(15)18/h1,3,6-7,9,16-17,19H,4H2,(H2,13,14,18)/t6-,7+,9+,11+/m1/s1. The molecule has 9 heteroatoms. The molecule has 108 valence electrons. The maximum atomic E-state index is 13.4. The number of nitrogens with two attached hydrogens (primary N) is 1. The first-order valence-corrected chi connectivity index (χ1v) is 5.53. The molecule has 0 spiro atoms. The number of aliphatic hydroxyl groups is 3. The third kappa shape index (κ3) is 1.95. The molecule has 0 bridgehead atoms. The number of aliphatic hydroxyl groups excluding tert-OH is 2. The summed E-state index contributed by atoms with van der Waals surface area (Å²) in [5.41, 5.74) is 1.93. The van der Waals surface area contributed by atoms with Crippen LogP contribution in [0.15, 0.2) is 11.0 Å².